The van der Waals surface area contributed by atoms with Gasteiger partial charge in [-0.2, -0.15) is 0 Å². The van der Waals surface area contributed by atoms with Gasteiger partial charge in [-0.05, 0) is 41.9 Å². The van der Waals surface area contributed by atoms with Gasteiger partial charge in [0, 0.05) is 33.4 Å². The summed E-state index contributed by atoms with van der Waals surface area (Å²) >= 11 is 0. The van der Waals surface area contributed by atoms with E-state index in [1.807, 2.05) is 18.2 Å². The summed E-state index contributed by atoms with van der Waals surface area (Å²) in [5, 5.41) is 6.72. The molecule has 2 aromatic rings. The molecule has 0 saturated heterocycles. The average Bonchev–Trinajstić information content (AvgIpc) is 3.58. The van der Waals surface area contributed by atoms with Crippen LogP contribution in [0.15, 0.2) is 59.6 Å². The lowest BCUT2D eigenvalue weighted by Crippen LogP contribution is -2.37. The minimum Gasteiger partial charge on any atom is -0.381 e. The number of nitrogens with one attached hydrogen (secondary N) is 2. The second kappa shape index (κ2) is 12.2. The molecule has 1 saturated carbocycles. The van der Waals surface area contributed by atoms with Crippen LogP contribution in [-0.2, 0) is 29.2 Å². The van der Waals surface area contributed by atoms with Gasteiger partial charge < -0.3 is 20.1 Å². The van der Waals surface area contributed by atoms with Gasteiger partial charge in [0.05, 0.1) is 13.2 Å². The van der Waals surface area contributed by atoms with Crippen molar-refractivity contribution >= 4 is 5.96 Å². The molecule has 0 radical (unpaired) electrons. The molecule has 1 aliphatic carbocycles. The Morgan fingerprint density at radius 2 is 1.69 bits per heavy atom. The second-order valence-electron chi connectivity index (χ2n) is 7.52. The van der Waals surface area contributed by atoms with Gasteiger partial charge in [0.25, 0.3) is 0 Å². The van der Waals surface area contributed by atoms with Gasteiger partial charge in [0.1, 0.15) is 0 Å². The molecule has 29 heavy (non-hydrogen) atoms. The van der Waals surface area contributed by atoms with Crippen LogP contribution in [0.1, 0.15) is 36.0 Å². The number of hydrogen-bond acceptors (Lipinski definition) is 3. The molecule has 0 bridgehead atoms. The highest BCUT2D eigenvalue weighted by Crippen LogP contribution is 2.28. The Labute approximate surface area is 174 Å². The zero-order chi connectivity index (χ0) is 20.2. The third-order valence-electron chi connectivity index (χ3n) is 4.86. The number of nitrogens with zero attached hydrogens (tertiary/aromatic N) is 1. The maximum atomic E-state index is 5.84. The first-order chi connectivity index (χ1) is 14.3. The van der Waals surface area contributed by atoms with Gasteiger partial charge in [0.2, 0.25) is 0 Å². The SMILES string of the molecule is CN=C(NCCCOCC1CC1)NCc1cccc(COCc2ccccc2)c1. The molecule has 1 aliphatic rings. The molecule has 156 valence electrons. The molecule has 0 heterocycles. The Bertz CT molecular complexity index is 745. The lowest BCUT2D eigenvalue weighted by molar-refractivity contribution is 0.107. The quantitative estimate of drug-likeness (QED) is 0.325. The van der Waals surface area contributed by atoms with Crippen LogP contribution in [0.3, 0.4) is 0 Å². The van der Waals surface area contributed by atoms with E-state index in [1.165, 1.54) is 29.5 Å². The third kappa shape index (κ3) is 8.67. The molecule has 0 amide bonds. The molecule has 0 aliphatic heterocycles. The van der Waals surface area contributed by atoms with Crippen LogP contribution in [0.2, 0.25) is 0 Å². The molecule has 1 fully saturated rings. The van der Waals surface area contributed by atoms with Crippen molar-refractivity contribution in [3.8, 4) is 0 Å². The summed E-state index contributed by atoms with van der Waals surface area (Å²) in [6, 6.07) is 18.7. The summed E-state index contributed by atoms with van der Waals surface area (Å²) in [7, 11) is 1.80. The van der Waals surface area contributed by atoms with Gasteiger partial charge >= 0.3 is 0 Å². The zero-order valence-electron chi connectivity index (χ0n) is 17.4. The smallest absolute Gasteiger partial charge is 0.191 e. The number of rotatable bonds is 12. The topological polar surface area (TPSA) is 54.9 Å². The van der Waals surface area contributed by atoms with Crippen LogP contribution < -0.4 is 10.6 Å². The number of aliphatic imine (C=N–C) groups is 1. The van der Waals surface area contributed by atoms with Gasteiger partial charge in [-0.25, -0.2) is 0 Å². The van der Waals surface area contributed by atoms with E-state index in [0.29, 0.717) is 13.2 Å². The van der Waals surface area contributed by atoms with Crippen LogP contribution in [0, 0.1) is 5.92 Å². The number of ether oxygens (including phenoxy) is 2. The summed E-state index contributed by atoms with van der Waals surface area (Å²) in [6.45, 7) is 4.56. The largest absolute Gasteiger partial charge is 0.381 e. The minimum absolute atomic E-state index is 0.608. The molecule has 5 nitrogen and oxygen atoms in total. The molecule has 5 heteroatoms. The van der Waals surface area contributed by atoms with Crippen molar-refractivity contribution in [1.82, 2.24) is 10.6 Å². The third-order valence-corrected chi connectivity index (χ3v) is 4.86. The number of guanidine groups is 1. The lowest BCUT2D eigenvalue weighted by Gasteiger charge is -2.13. The number of hydrogen-bond donors (Lipinski definition) is 2. The van der Waals surface area contributed by atoms with Crippen LogP contribution in [0.4, 0.5) is 0 Å². The van der Waals surface area contributed by atoms with Gasteiger partial charge in [-0.3, -0.25) is 4.99 Å². The molecule has 3 rings (SSSR count). The molecule has 0 aromatic heterocycles. The zero-order valence-corrected chi connectivity index (χ0v) is 17.4. The van der Waals surface area contributed by atoms with Gasteiger partial charge in [-0.15, -0.1) is 0 Å². The van der Waals surface area contributed by atoms with Crippen molar-refractivity contribution in [1.29, 1.82) is 0 Å². The predicted octanol–water partition coefficient (Wildman–Crippen LogP) is 3.89. The van der Waals surface area contributed by atoms with E-state index < -0.39 is 0 Å². The first-order valence-corrected chi connectivity index (χ1v) is 10.6. The Hall–Kier alpha value is -2.37. The minimum atomic E-state index is 0.608. The highest BCUT2D eigenvalue weighted by molar-refractivity contribution is 5.79. The average molecular weight is 396 g/mol. The molecule has 0 spiro atoms. The van der Waals surface area contributed by atoms with E-state index in [1.54, 1.807) is 7.05 Å². The van der Waals surface area contributed by atoms with E-state index >= 15 is 0 Å². The highest BCUT2D eigenvalue weighted by atomic mass is 16.5. The Morgan fingerprint density at radius 1 is 0.931 bits per heavy atom. The Morgan fingerprint density at radius 3 is 2.48 bits per heavy atom. The Balaban J connectivity index is 1.32. The first kappa shape index (κ1) is 21.3. The summed E-state index contributed by atoms with van der Waals surface area (Å²) in [5.74, 6) is 1.65. The van der Waals surface area contributed by atoms with E-state index in [4.69, 9.17) is 9.47 Å². The van der Waals surface area contributed by atoms with Crippen molar-refractivity contribution < 1.29 is 9.47 Å². The van der Waals surface area contributed by atoms with Crippen LogP contribution >= 0.6 is 0 Å². The van der Waals surface area contributed by atoms with Gasteiger partial charge in [0.15, 0.2) is 5.96 Å². The normalized spacial score (nSPS) is 14.0. The summed E-state index contributed by atoms with van der Waals surface area (Å²) in [6.07, 6.45) is 3.67. The van der Waals surface area contributed by atoms with E-state index in [0.717, 1.165) is 44.6 Å². The lowest BCUT2D eigenvalue weighted by atomic mass is 10.1. The first-order valence-electron chi connectivity index (χ1n) is 10.6. The number of benzene rings is 2. The summed E-state index contributed by atoms with van der Waals surface area (Å²) in [4.78, 5) is 4.29. The monoisotopic (exact) mass is 395 g/mol. The highest BCUT2D eigenvalue weighted by Gasteiger charge is 2.20. The van der Waals surface area contributed by atoms with Crippen molar-refractivity contribution in [3.63, 3.8) is 0 Å². The predicted molar refractivity (Wildman–Crippen MR) is 118 cm³/mol. The summed E-state index contributed by atoms with van der Waals surface area (Å²) in [5.41, 5.74) is 3.58. The van der Waals surface area contributed by atoms with Crippen molar-refractivity contribution in [2.24, 2.45) is 10.9 Å². The van der Waals surface area contributed by atoms with Crippen LogP contribution in [-0.4, -0.2) is 32.8 Å². The second-order valence-corrected chi connectivity index (χ2v) is 7.52. The van der Waals surface area contributed by atoms with Crippen molar-refractivity contribution in [2.75, 3.05) is 26.8 Å². The van der Waals surface area contributed by atoms with E-state index in [-0.39, 0.29) is 0 Å². The fourth-order valence-electron chi connectivity index (χ4n) is 3.01. The fourth-order valence-corrected chi connectivity index (χ4v) is 3.01. The van der Waals surface area contributed by atoms with Crippen molar-refractivity contribution in [3.05, 3.63) is 71.3 Å². The van der Waals surface area contributed by atoms with Crippen LogP contribution in [0.5, 0.6) is 0 Å². The molecular weight excluding hydrogens is 362 g/mol. The van der Waals surface area contributed by atoms with E-state index in [9.17, 15) is 0 Å². The fraction of sp³-hybridized carbons (Fsp3) is 0.458. The van der Waals surface area contributed by atoms with Crippen molar-refractivity contribution in [2.45, 2.75) is 39.0 Å². The van der Waals surface area contributed by atoms with Crippen LogP contribution in [0.25, 0.3) is 0 Å². The standard InChI is InChI=1S/C24H33N3O2/c1-25-24(26-13-6-14-28-17-21-11-12-21)27-16-22-9-5-10-23(15-22)19-29-18-20-7-3-2-4-8-20/h2-5,7-10,15,21H,6,11-14,16-19H2,1H3,(H2,25,26,27). The van der Waals surface area contributed by atoms with E-state index in [2.05, 4.69) is 52.0 Å². The molecule has 2 N–H and O–H groups in total. The maximum Gasteiger partial charge on any atom is 0.191 e. The molecule has 2 aromatic carbocycles. The molecule has 0 atom stereocenters. The summed E-state index contributed by atoms with van der Waals surface area (Å²) < 4.78 is 11.5. The Kier molecular flexibility index (Phi) is 9.01. The molecule has 0 unspecified atom stereocenters. The maximum absolute atomic E-state index is 5.84. The molecular formula is C24H33N3O2. The van der Waals surface area contributed by atoms with Gasteiger partial charge in [-0.1, -0.05) is 54.6 Å².